The summed E-state index contributed by atoms with van der Waals surface area (Å²) in [5, 5.41) is 17.6. The highest BCUT2D eigenvalue weighted by Crippen LogP contribution is 2.26. The second-order valence-corrected chi connectivity index (χ2v) is 6.12. The Morgan fingerprint density at radius 1 is 0.923 bits per heavy atom. The fourth-order valence-corrected chi connectivity index (χ4v) is 2.41. The van der Waals surface area contributed by atoms with E-state index in [0.29, 0.717) is 33.2 Å². The van der Waals surface area contributed by atoms with Crippen molar-refractivity contribution in [1.29, 1.82) is 0 Å². The zero-order chi connectivity index (χ0) is 18.5. The van der Waals surface area contributed by atoms with Crippen LogP contribution in [0.15, 0.2) is 48.7 Å². The van der Waals surface area contributed by atoms with Crippen LogP contribution in [0, 0.1) is 0 Å². The number of carbonyl (C=O) groups is 1. The molecule has 0 fully saturated rings. The molecule has 1 aromatic heterocycles. The summed E-state index contributed by atoms with van der Waals surface area (Å²) in [4.78, 5) is 15.4. The summed E-state index contributed by atoms with van der Waals surface area (Å²) in [6, 6.07) is 12.3. The lowest BCUT2D eigenvalue weighted by Gasteiger charge is -2.09. The molecule has 1 heterocycles. The van der Waals surface area contributed by atoms with Crippen LogP contribution in [-0.4, -0.2) is 21.1 Å². The number of nitrogens with zero attached hydrogens (tertiary/aromatic N) is 3. The third-order valence-corrected chi connectivity index (χ3v) is 3.95. The van der Waals surface area contributed by atoms with Gasteiger partial charge in [-0.3, -0.25) is 4.79 Å². The molecule has 0 saturated carbocycles. The van der Waals surface area contributed by atoms with E-state index in [1.54, 1.807) is 30.3 Å². The Balaban J connectivity index is 1.70. The van der Waals surface area contributed by atoms with Crippen LogP contribution in [0.25, 0.3) is 0 Å². The monoisotopic (exact) mass is 388 g/mol. The Morgan fingerprint density at radius 2 is 1.62 bits per heavy atom. The number of carbonyl (C=O) groups excluding carboxylic acids is 1. The van der Waals surface area contributed by atoms with Gasteiger partial charge in [-0.2, -0.15) is 10.1 Å². The van der Waals surface area contributed by atoms with E-state index in [-0.39, 0.29) is 5.91 Å². The minimum absolute atomic E-state index is 0.122. The summed E-state index contributed by atoms with van der Waals surface area (Å²) >= 11 is 11.9. The summed E-state index contributed by atoms with van der Waals surface area (Å²) in [5.74, 6) is 0.696. The van der Waals surface area contributed by atoms with Gasteiger partial charge >= 0.3 is 0 Å². The van der Waals surface area contributed by atoms with Crippen LogP contribution in [-0.2, 0) is 4.79 Å². The van der Waals surface area contributed by atoms with Gasteiger partial charge in [0.2, 0.25) is 11.9 Å². The van der Waals surface area contributed by atoms with Crippen molar-refractivity contribution in [2.45, 2.75) is 6.92 Å². The lowest BCUT2D eigenvalue weighted by Crippen LogP contribution is -2.05. The summed E-state index contributed by atoms with van der Waals surface area (Å²) in [7, 11) is 0. The van der Waals surface area contributed by atoms with E-state index in [4.69, 9.17) is 23.2 Å². The minimum Gasteiger partial charge on any atom is -0.339 e. The first-order chi connectivity index (χ1) is 12.5. The van der Waals surface area contributed by atoms with Crippen molar-refractivity contribution in [3.63, 3.8) is 0 Å². The number of amides is 1. The van der Waals surface area contributed by atoms with E-state index in [1.807, 2.05) is 12.1 Å². The Morgan fingerprint density at radius 3 is 2.31 bits per heavy atom. The van der Waals surface area contributed by atoms with E-state index in [2.05, 4.69) is 31.1 Å². The van der Waals surface area contributed by atoms with Gasteiger partial charge in [0.05, 0.1) is 16.2 Å². The van der Waals surface area contributed by atoms with Crippen molar-refractivity contribution < 1.29 is 4.79 Å². The van der Waals surface area contributed by atoms with Crippen molar-refractivity contribution >= 4 is 57.9 Å². The maximum absolute atomic E-state index is 11.0. The first-order valence-corrected chi connectivity index (χ1v) is 8.32. The topological polar surface area (TPSA) is 91.8 Å². The van der Waals surface area contributed by atoms with Crippen LogP contribution in [0.4, 0.5) is 28.8 Å². The third-order valence-electron chi connectivity index (χ3n) is 3.21. The molecule has 0 unspecified atom stereocenters. The average molecular weight is 389 g/mol. The van der Waals surface area contributed by atoms with E-state index >= 15 is 0 Å². The van der Waals surface area contributed by atoms with Crippen LogP contribution in [0.5, 0.6) is 0 Å². The maximum Gasteiger partial charge on any atom is 0.249 e. The lowest BCUT2D eigenvalue weighted by atomic mass is 10.3. The van der Waals surface area contributed by atoms with E-state index in [9.17, 15) is 4.79 Å². The fourth-order valence-electron chi connectivity index (χ4n) is 2.11. The van der Waals surface area contributed by atoms with Gasteiger partial charge in [-0.05, 0) is 42.5 Å². The van der Waals surface area contributed by atoms with Gasteiger partial charge < -0.3 is 16.0 Å². The molecular formula is C17H14Cl2N6O. The molecule has 7 nitrogen and oxygen atoms in total. The van der Waals surface area contributed by atoms with Crippen molar-refractivity contribution in [2.24, 2.45) is 0 Å². The summed E-state index contributed by atoms with van der Waals surface area (Å²) in [6.45, 7) is 1.46. The predicted octanol–water partition coefficient (Wildman–Crippen LogP) is 4.62. The van der Waals surface area contributed by atoms with Gasteiger partial charge in [-0.15, -0.1) is 5.10 Å². The number of hydrogen-bond acceptors (Lipinski definition) is 6. The highest BCUT2D eigenvalue weighted by molar-refractivity contribution is 6.42. The van der Waals surface area contributed by atoms with Crippen LogP contribution in [0.2, 0.25) is 10.0 Å². The van der Waals surface area contributed by atoms with Crippen LogP contribution < -0.4 is 16.0 Å². The fraction of sp³-hybridized carbons (Fsp3) is 0.0588. The number of aromatic nitrogens is 3. The molecule has 26 heavy (non-hydrogen) atoms. The van der Waals surface area contributed by atoms with Crippen LogP contribution >= 0.6 is 23.2 Å². The average Bonchev–Trinajstić information content (AvgIpc) is 2.60. The largest absolute Gasteiger partial charge is 0.339 e. The second kappa shape index (κ2) is 7.99. The van der Waals surface area contributed by atoms with Crippen molar-refractivity contribution in [3.8, 4) is 0 Å². The molecule has 0 radical (unpaired) electrons. The van der Waals surface area contributed by atoms with Gasteiger partial charge in [-0.1, -0.05) is 23.2 Å². The Hall–Kier alpha value is -2.90. The Labute approximate surface area is 159 Å². The zero-order valence-corrected chi connectivity index (χ0v) is 15.1. The molecule has 0 bridgehead atoms. The molecule has 3 N–H and O–H groups in total. The van der Waals surface area contributed by atoms with Gasteiger partial charge in [0.15, 0.2) is 5.82 Å². The highest BCUT2D eigenvalue weighted by atomic mass is 35.5. The smallest absolute Gasteiger partial charge is 0.249 e. The first kappa shape index (κ1) is 17.9. The summed E-state index contributed by atoms with van der Waals surface area (Å²) < 4.78 is 0. The molecule has 9 heteroatoms. The van der Waals surface area contributed by atoms with Gasteiger partial charge in [0.25, 0.3) is 0 Å². The Kier molecular flexibility index (Phi) is 5.50. The SMILES string of the molecule is CC(=O)Nc1ccc(Nc2cnnc(Nc3ccc(Cl)c(Cl)c3)n2)cc1. The van der Waals surface area contributed by atoms with Crippen LogP contribution in [0.1, 0.15) is 6.92 Å². The molecule has 3 rings (SSSR count). The van der Waals surface area contributed by atoms with Gasteiger partial charge in [0, 0.05) is 24.0 Å². The number of nitrogens with one attached hydrogen (secondary N) is 3. The molecule has 0 atom stereocenters. The number of benzene rings is 2. The quantitative estimate of drug-likeness (QED) is 0.590. The molecule has 3 aromatic rings. The zero-order valence-electron chi connectivity index (χ0n) is 13.6. The molecule has 2 aromatic carbocycles. The van der Waals surface area contributed by atoms with Gasteiger partial charge in [0.1, 0.15) is 0 Å². The number of halogens is 2. The lowest BCUT2D eigenvalue weighted by molar-refractivity contribution is -0.114. The molecule has 0 saturated heterocycles. The molecular weight excluding hydrogens is 375 g/mol. The van der Waals surface area contributed by atoms with E-state index in [1.165, 1.54) is 13.1 Å². The predicted molar refractivity (Wildman–Crippen MR) is 104 cm³/mol. The number of rotatable bonds is 5. The van der Waals surface area contributed by atoms with Crippen molar-refractivity contribution in [2.75, 3.05) is 16.0 Å². The number of hydrogen-bond donors (Lipinski definition) is 3. The summed E-state index contributed by atoms with van der Waals surface area (Å²) in [5.41, 5.74) is 2.20. The summed E-state index contributed by atoms with van der Waals surface area (Å²) in [6.07, 6.45) is 1.50. The minimum atomic E-state index is -0.122. The molecule has 0 spiro atoms. The molecule has 0 aliphatic rings. The maximum atomic E-state index is 11.0. The highest BCUT2D eigenvalue weighted by Gasteiger charge is 2.05. The standard InChI is InChI=1S/C17H14Cl2N6O/c1-10(26)21-11-2-4-12(5-3-11)22-16-9-20-25-17(24-16)23-13-6-7-14(18)15(19)8-13/h2-9H,1H3,(H,21,26)(H2,22,23,24,25). The van der Waals surface area contributed by atoms with Gasteiger partial charge in [-0.25, -0.2) is 0 Å². The molecule has 0 aliphatic carbocycles. The van der Waals surface area contributed by atoms with Crippen LogP contribution in [0.3, 0.4) is 0 Å². The second-order valence-electron chi connectivity index (χ2n) is 5.30. The van der Waals surface area contributed by atoms with Crippen molar-refractivity contribution in [1.82, 2.24) is 15.2 Å². The molecule has 1 amide bonds. The van der Waals surface area contributed by atoms with E-state index < -0.39 is 0 Å². The first-order valence-electron chi connectivity index (χ1n) is 7.56. The molecule has 0 aliphatic heterocycles. The van der Waals surface area contributed by atoms with E-state index in [0.717, 1.165) is 5.69 Å². The Bertz CT molecular complexity index is 933. The normalized spacial score (nSPS) is 10.3. The van der Waals surface area contributed by atoms with Crippen molar-refractivity contribution in [3.05, 3.63) is 58.7 Å². The molecule has 132 valence electrons. The number of anilines is 5. The third kappa shape index (κ3) is 4.81.